The number of benzene rings is 1. The van der Waals surface area contributed by atoms with E-state index in [0.29, 0.717) is 18.5 Å². The highest BCUT2D eigenvalue weighted by Gasteiger charge is 2.18. The van der Waals surface area contributed by atoms with Crippen molar-refractivity contribution in [3.8, 4) is 0 Å². The molecule has 1 fully saturated rings. The van der Waals surface area contributed by atoms with Crippen molar-refractivity contribution in [2.75, 3.05) is 13.1 Å². The summed E-state index contributed by atoms with van der Waals surface area (Å²) in [4.78, 5) is 0. The van der Waals surface area contributed by atoms with Crippen molar-refractivity contribution < 1.29 is 13.2 Å². The van der Waals surface area contributed by atoms with Crippen molar-refractivity contribution in [1.82, 2.24) is 5.32 Å². The van der Waals surface area contributed by atoms with Gasteiger partial charge in [0.25, 0.3) is 0 Å². The van der Waals surface area contributed by atoms with Gasteiger partial charge < -0.3 is 5.32 Å². The minimum absolute atomic E-state index is 0.132. The smallest absolute Gasteiger partial charge is 0.161 e. The third kappa shape index (κ3) is 4.34. The molecule has 1 N–H and O–H groups in total. The molecule has 1 aliphatic rings. The quantitative estimate of drug-likeness (QED) is 0.778. The van der Waals surface area contributed by atoms with Gasteiger partial charge in [-0.2, -0.15) is 0 Å². The number of nitrogens with one attached hydrogen (secondary N) is 1. The molecule has 1 saturated carbocycles. The number of hydrogen-bond acceptors (Lipinski definition) is 1. The molecule has 116 valence electrons. The predicted molar refractivity (Wildman–Crippen MR) is 79.4 cm³/mol. The summed E-state index contributed by atoms with van der Waals surface area (Å²) < 4.78 is 40.1. The molecule has 0 atom stereocenters. The molecule has 4 heteroatoms. The van der Waals surface area contributed by atoms with Crippen LogP contribution in [0.2, 0.25) is 0 Å². The van der Waals surface area contributed by atoms with Crippen molar-refractivity contribution >= 4 is 6.08 Å². The van der Waals surface area contributed by atoms with Crippen LogP contribution in [-0.4, -0.2) is 13.1 Å². The van der Waals surface area contributed by atoms with Gasteiger partial charge in [0.1, 0.15) is 5.82 Å². The highest BCUT2D eigenvalue weighted by molar-refractivity contribution is 5.54. The van der Waals surface area contributed by atoms with E-state index in [1.54, 1.807) is 6.08 Å². The lowest BCUT2D eigenvalue weighted by Gasteiger charge is -2.25. The lowest BCUT2D eigenvalue weighted by atomic mass is 9.83. The highest BCUT2D eigenvalue weighted by Crippen LogP contribution is 2.31. The fourth-order valence-corrected chi connectivity index (χ4v) is 2.90. The monoisotopic (exact) mass is 297 g/mol. The molecule has 0 aliphatic heterocycles. The van der Waals surface area contributed by atoms with Crippen molar-refractivity contribution in [3.05, 3.63) is 40.7 Å². The topological polar surface area (TPSA) is 12.0 Å². The maximum absolute atomic E-state index is 13.8. The lowest BCUT2D eigenvalue weighted by Crippen LogP contribution is -2.22. The molecule has 1 nitrogen and oxygen atoms in total. The fraction of sp³-hybridized carbons (Fsp3) is 0.529. The van der Waals surface area contributed by atoms with Crippen LogP contribution in [0, 0.1) is 23.4 Å². The van der Waals surface area contributed by atoms with Crippen molar-refractivity contribution in [2.24, 2.45) is 5.92 Å². The van der Waals surface area contributed by atoms with Gasteiger partial charge >= 0.3 is 0 Å². The maximum atomic E-state index is 13.8. The normalized spacial score (nSPS) is 17.2. The maximum Gasteiger partial charge on any atom is 0.161 e. The van der Waals surface area contributed by atoms with E-state index in [4.69, 9.17) is 0 Å². The molecule has 1 aromatic rings. The van der Waals surface area contributed by atoms with Crippen LogP contribution in [0.15, 0.2) is 17.7 Å². The van der Waals surface area contributed by atoms with Gasteiger partial charge in [-0.3, -0.25) is 0 Å². The SMILES string of the molecule is CCNC/C(=C/c1cc(F)c(F)cc1F)C1CCCCC1. The van der Waals surface area contributed by atoms with Crippen LogP contribution in [0.25, 0.3) is 6.08 Å². The van der Waals surface area contributed by atoms with Gasteiger partial charge in [-0.25, -0.2) is 13.2 Å². The summed E-state index contributed by atoms with van der Waals surface area (Å²) in [6.07, 6.45) is 7.45. The number of rotatable bonds is 5. The van der Waals surface area contributed by atoms with Crippen LogP contribution in [-0.2, 0) is 0 Å². The van der Waals surface area contributed by atoms with E-state index in [2.05, 4.69) is 5.32 Å². The Morgan fingerprint density at radius 3 is 2.43 bits per heavy atom. The average Bonchev–Trinajstić information content (AvgIpc) is 2.49. The van der Waals surface area contributed by atoms with Gasteiger partial charge in [-0.1, -0.05) is 37.8 Å². The van der Waals surface area contributed by atoms with Crippen LogP contribution in [0.5, 0.6) is 0 Å². The molecule has 0 radical (unpaired) electrons. The van der Waals surface area contributed by atoms with Crippen LogP contribution in [0.3, 0.4) is 0 Å². The number of hydrogen-bond donors (Lipinski definition) is 1. The Bertz CT molecular complexity index is 505. The zero-order valence-electron chi connectivity index (χ0n) is 12.4. The van der Waals surface area contributed by atoms with E-state index >= 15 is 0 Å². The zero-order chi connectivity index (χ0) is 15.2. The Hall–Kier alpha value is -1.29. The molecule has 1 aliphatic carbocycles. The zero-order valence-corrected chi connectivity index (χ0v) is 12.4. The Kier molecular flexibility index (Phi) is 5.85. The first-order chi connectivity index (χ1) is 10.1. The highest BCUT2D eigenvalue weighted by atomic mass is 19.2. The number of likely N-dealkylation sites (N-methyl/N-ethyl adjacent to an activating group) is 1. The van der Waals surface area contributed by atoms with Crippen molar-refractivity contribution in [2.45, 2.75) is 39.0 Å². The Morgan fingerprint density at radius 2 is 1.76 bits per heavy atom. The van der Waals surface area contributed by atoms with E-state index in [0.717, 1.165) is 31.0 Å². The van der Waals surface area contributed by atoms with E-state index in [9.17, 15) is 13.2 Å². The molecule has 0 spiro atoms. The molecule has 1 aromatic carbocycles. The molecular formula is C17H22F3N. The van der Waals surface area contributed by atoms with Crippen LogP contribution >= 0.6 is 0 Å². The van der Waals surface area contributed by atoms with Gasteiger partial charge in [0, 0.05) is 18.2 Å². The summed E-state index contributed by atoms with van der Waals surface area (Å²) in [5.41, 5.74) is 1.22. The Balaban J connectivity index is 2.28. The van der Waals surface area contributed by atoms with E-state index in [1.807, 2.05) is 6.92 Å². The van der Waals surface area contributed by atoms with Crippen LogP contribution < -0.4 is 5.32 Å². The van der Waals surface area contributed by atoms with E-state index in [1.165, 1.54) is 19.3 Å². The first-order valence-corrected chi connectivity index (χ1v) is 7.67. The summed E-state index contributed by atoms with van der Waals surface area (Å²) in [5, 5.41) is 3.25. The molecule has 0 bridgehead atoms. The minimum Gasteiger partial charge on any atom is -0.313 e. The average molecular weight is 297 g/mol. The minimum atomic E-state index is -1.14. The summed E-state index contributed by atoms with van der Waals surface area (Å²) in [7, 11) is 0. The van der Waals surface area contributed by atoms with Gasteiger partial charge in [0.05, 0.1) is 0 Å². The van der Waals surface area contributed by atoms with Crippen molar-refractivity contribution in [3.63, 3.8) is 0 Å². The summed E-state index contributed by atoms with van der Waals surface area (Å²) in [5.74, 6) is -2.45. The summed E-state index contributed by atoms with van der Waals surface area (Å²) in [6, 6.07) is 1.56. The van der Waals surface area contributed by atoms with Crippen LogP contribution in [0.1, 0.15) is 44.6 Å². The van der Waals surface area contributed by atoms with Gasteiger partial charge in [0.2, 0.25) is 0 Å². The second-order valence-corrected chi connectivity index (χ2v) is 5.62. The van der Waals surface area contributed by atoms with E-state index in [-0.39, 0.29) is 5.56 Å². The van der Waals surface area contributed by atoms with Gasteiger partial charge in [0.15, 0.2) is 11.6 Å². The number of halogens is 3. The Labute approximate surface area is 124 Å². The second kappa shape index (κ2) is 7.64. The molecule has 0 aromatic heterocycles. The molecule has 2 rings (SSSR count). The third-order valence-corrected chi connectivity index (χ3v) is 4.09. The van der Waals surface area contributed by atoms with Gasteiger partial charge in [-0.15, -0.1) is 0 Å². The molecular weight excluding hydrogens is 275 g/mol. The van der Waals surface area contributed by atoms with Crippen molar-refractivity contribution in [1.29, 1.82) is 0 Å². The van der Waals surface area contributed by atoms with Crippen LogP contribution in [0.4, 0.5) is 13.2 Å². The molecule has 0 amide bonds. The largest absolute Gasteiger partial charge is 0.313 e. The Morgan fingerprint density at radius 1 is 1.10 bits per heavy atom. The van der Waals surface area contributed by atoms with E-state index < -0.39 is 17.5 Å². The predicted octanol–water partition coefficient (Wildman–Crippen LogP) is 4.68. The fourth-order valence-electron chi connectivity index (χ4n) is 2.90. The molecule has 0 heterocycles. The third-order valence-electron chi connectivity index (χ3n) is 4.09. The molecule has 21 heavy (non-hydrogen) atoms. The summed E-state index contributed by atoms with van der Waals surface area (Å²) >= 11 is 0. The lowest BCUT2D eigenvalue weighted by molar-refractivity contribution is 0.397. The molecule has 0 unspecified atom stereocenters. The van der Waals surface area contributed by atoms with Gasteiger partial charge in [-0.05, 0) is 31.4 Å². The first kappa shape index (κ1) is 16.1. The summed E-state index contributed by atoms with van der Waals surface area (Å²) in [6.45, 7) is 3.50. The second-order valence-electron chi connectivity index (χ2n) is 5.62. The first-order valence-electron chi connectivity index (χ1n) is 7.67. The molecule has 0 saturated heterocycles. The standard InChI is InChI=1S/C17H22F3N/c1-2-21-11-14(12-6-4-3-5-7-12)8-13-9-16(19)17(20)10-15(13)18/h8-10,12,21H,2-7,11H2,1H3/b14-8-.